The van der Waals surface area contributed by atoms with Crippen LogP contribution in [0.1, 0.15) is 24.0 Å². The topological polar surface area (TPSA) is 12.0 Å². The Bertz CT molecular complexity index is 372. The van der Waals surface area contributed by atoms with E-state index in [9.17, 15) is 4.39 Å². The molecule has 3 heteroatoms. The number of aryl methyl sites for hydroxylation is 1. The molecule has 2 rings (SSSR count). The summed E-state index contributed by atoms with van der Waals surface area (Å²) < 4.78 is 13.8. The van der Waals surface area contributed by atoms with Crippen molar-refractivity contribution in [2.24, 2.45) is 5.92 Å². The van der Waals surface area contributed by atoms with Gasteiger partial charge in [-0.1, -0.05) is 17.7 Å². The molecular weight excluding hydrogens is 225 g/mol. The summed E-state index contributed by atoms with van der Waals surface area (Å²) in [4.78, 5) is 0. The molecule has 1 N–H and O–H groups in total. The molecule has 1 aliphatic rings. The summed E-state index contributed by atoms with van der Waals surface area (Å²) in [5, 5.41) is 3.57. The molecule has 0 amide bonds. The molecule has 1 aromatic rings. The smallest absolute Gasteiger partial charge is 0.144 e. The molecule has 0 radical (unpaired) electrons. The molecule has 0 bridgehead atoms. The lowest BCUT2D eigenvalue weighted by molar-refractivity contribution is 0.368. The van der Waals surface area contributed by atoms with Crippen molar-refractivity contribution >= 4 is 11.6 Å². The summed E-state index contributed by atoms with van der Waals surface area (Å²) in [5.74, 6) is 0.361. The van der Waals surface area contributed by atoms with E-state index in [2.05, 4.69) is 5.32 Å². The lowest BCUT2D eigenvalue weighted by Crippen LogP contribution is -2.28. The molecule has 1 heterocycles. The fourth-order valence-corrected chi connectivity index (χ4v) is 2.64. The van der Waals surface area contributed by atoms with Crippen molar-refractivity contribution in [3.05, 3.63) is 34.1 Å². The highest BCUT2D eigenvalue weighted by Crippen LogP contribution is 2.25. The fourth-order valence-electron chi connectivity index (χ4n) is 2.34. The molecule has 1 aromatic carbocycles. The summed E-state index contributed by atoms with van der Waals surface area (Å²) in [6, 6.07) is 3.60. The van der Waals surface area contributed by atoms with Crippen LogP contribution in [0.4, 0.5) is 4.39 Å². The second-order valence-corrected chi connectivity index (χ2v) is 5.02. The predicted octanol–water partition coefficient (Wildman–Crippen LogP) is 3.33. The van der Waals surface area contributed by atoms with Crippen molar-refractivity contribution in [3.63, 3.8) is 0 Å². The number of halogens is 2. The predicted molar refractivity (Wildman–Crippen MR) is 65.4 cm³/mol. The second-order valence-electron chi connectivity index (χ2n) is 4.62. The zero-order valence-electron chi connectivity index (χ0n) is 9.52. The number of hydrogen-bond acceptors (Lipinski definition) is 1. The van der Waals surface area contributed by atoms with Crippen LogP contribution in [0.3, 0.4) is 0 Å². The Labute approximate surface area is 101 Å². The molecule has 0 aromatic heterocycles. The Kier molecular flexibility index (Phi) is 3.82. The van der Waals surface area contributed by atoms with Gasteiger partial charge in [0.05, 0.1) is 5.02 Å². The minimum atomic E-state index is -0.231. The van der Waals surface area contributed by atoms with Crippen LogP contribution >= 0.6 is 11.6 Å². The van der Waals surface area contributed by atoms with E-state index in [1.54, 1.807) is 6.07 Å². The largest absolute Gasteiger partial charge is 0.317 e. The average Bonchev–Trinajstić information content (AvgIpc) is 2.27. The summed E-state index contributed by atoms with van der Waals surface area (Å²) in [5.41, 5.74) is 1.81. The van der Waals surface area contributed by atoms with Crippen molar-refractivity contribution in [3.8, 4) is 0 Å². The molecule has 16 heavy (non-hydrogen) atoms. The van der Waals surface area contributed by atoms with Gasteiger partial charge >= 0.3 is 0 Å². The van der Waals surface area contributed by atoms with Crippen molar-refractivity contribution < 1.29 is 4.39 Å². The number of rotatable bonds is 2. The first kappa shape index (κ1) is 11.9. The van der Waals surface area contributed by atoms with Gasteiger partial charge in [0.2, 0.25) is 0 Å². The van der Waals surface area contributed by atoms with E-state index in [1.165, 1.54) is 0 Å². The highest BCUT2D eigenvalue weighted by Gasteiger charge is 2.16. The van der Waals surface area contributed by atoms with Gasteiger partial charge in [-0.05, 0) is 62.4 Å². The molecular formula is C13H17ClFN. The SMILES string of the molecule is Cc1cc(Cl)c(F)c(CC2CCNCC2)c1. The third kappa shape index (κ3) is 2.74. The molecule has 1 fully saturated rings. The van der Waals surface area contributed by atoms with E-state index in [0.717, 1.165) is 43.5 Å². The van der Waals surface area contributed by atoms with Crippen LogP contribution in [0.2, 0.25) is 5.02 Å². The van der Waals surface area contributed by atoms with E-state index >= 15 is 0 Å². The summed E-state index contributed by atoms with van der Waals surface area (Å²) >= 11 is 5.85. The minimum Gasteiger partial charge on any atom is -0.317 e. The van der Waals surface area contributed by atoms with E-state index < -0.39 is 0 Å². The lowest BCUT2D eigenvalue weighted by Gasteiger charge is -2.23. The Balaban J connectivity index is 2.13. The number of piperidine rings is 1. The number of benzene rings is 1. The van der Waals surface area contributed by atoms with Gasteiger partial charge in [0.25, 0.3) is 0 Å². The van der Waals surface area contributed by atoms with Crippen LogP contribution in [0.15, 0.2) is 12.1 Å². The molecule has 1 saturated heterocycles. The fraction of sp³-hybridized carbons (Fsp3) is 0.538. The summed E-state index contributed by atoms with van der Waals surface area (Å²) in [7, 11) is 0. The number of hydrogen-bond donors (Lipinski definition) is 1. The lowest BCUT2D eigenvalue weighted by atomic mass is 9.90. The Morgan fingerprint density at radius 2 is 2.06 bits per heavy atom. The molecule has 0 aliphatic carbocycles. The van der Waals surface area contributed by atoms with Gasteiger partial charge in [0.15, 0.2) is 0 Å². The monoisotopic (exact) mass is 241 g/mol. The third-order valence-corrected chi connectivity index (χ3v) is 3.49. The summed E-state index contributed by atoms with van der Waals surface area (Å²) in [6.45, 7) is 4.05. The maximum atomic E-state index is 13.8. The Hall–Kier alpha value is -0.600. The van der Waals surface area contributed by atoms with Crippen LogP contribution in [0.5, 0.6) is 0 Å². The Morgan fingerprint density at radius 3 is 2.75 bits per heavy atom. The molecule has 0 saturated carbocycles. The van der Waals surface area contributed by atoms with Crippen LogP contribution in [0.25, 0.3) is 0 Å². The first-order chi connectivity index (χ1) is 7.66. The first-order valence-corrected chi connectivity index (χ1v) is 6.20. The van der Waals surface area contributed by atoms with Gasteiger partial charge < -0.3 is 5.32 Å². The molecule has 1 nitrogen and oxygen atoms in total. The van der Waals surface area contributed by atoms with Crippen LogP contribution in [-0.4, -0.2) is 13.1 Å². The van der Waals surface area contributed by atoms with E-state index in [-0.39, 0.29) is 10.8 Å². The Morgan fingerprint density at radius 1 is 1.38 bits per heavy atom. The van der Waals surface area contributed by atoms with Crippen LogP contribution < -0.4 is 5.32 Å². The van der Waals surface area contributed by atoms with Crippen molar-refractivity contribution in [2.75, 3.05) is 13.1 Å². The normalized spacial score (nSPS) is 17.7. The highest BCUT2D eigenvalue weighted by molar-refractivity contribution is 6.30. The zero-order chi connectivity index (χ0) is 11.5. The van der Waals surface area contributed by atoms with E-state index in [0.29, 0.717) is 5.92 Å². The quantitative estimate of drug-likeness (QED) is 0.838. The maximum Gasteiger partial charge on any atom is 0.144 e. The molecule has 0 unspecified atom stereocenters. The molecule has 0 atom stereocenters. The van der Waals surface area contributed by atoms with Crippen molar-refractivity contribution in [1.82, 2.24) is 5.32 Å². The maximum absolute atomic E-state index is 13.8. The van der Waals surface area contributed by atoms with E-state index in [4.69, 9.17) is 11.6 Å². The third-order valence-electron chi connectivity index (χ3n) is 3.22. The van der Waals surface area contributed by atoms with Gasteiger partial charge in [-0.2, -0.15) is 0 Å². The van der Waals surface area contributed by atoms with Gasteiger partial charge in [0, 0.05) is 0 Å². The molecule has 1 aliphatic heterocycles. The average molecular weight is 242 g/mol. The second kappa shape index (κ2) is 5.15. The van der Waals surface area contributed by atoms with Gasteiger partial charge in [0.1, 0.15) is 5.82 Å². The highest BCUT2D eigenvalue weighted by atomic mass is 35.5. The van der Waals surface area contributed by atoms with Crippen LogP contribution in [0, 0.1) is 18.7 Å². The van der Waals surface area contributed by atoms with Gasteiger partial charge in [-0.25, -0.2) is 4.39 Å². The standard InChI is InChI=1S/C13H17ClFN/c1-9-6-11(13(15)12(14)7-9)8-10-2-4-16-5-3-10/h6-7,10,16H,2-5,8H2,1H3. The van der Waals surface area contributed by atoms with E-state index in [1.807, 2.05) is 13.0 Å². The zero-order valence-corrected chi connectivity index (χ0v) is 10.3. The van der Waals surface area contributed by atoms with Crippen molar-refractivity contribution in [2.45, 2.75) is 26.2 Å². The van der Waals surface area contributed by atoms with Gasteiger partial charge in [-0.3, -0.25) is 0 Å². The minimum absolute atomic E-state index is 0.231. The molecule has 0 spiro atoms. The number of nitrogens with one attached hydrogen (secondary N) is 1. The van der Waals surface area contributed by atoms with Gasteiger partial charge in [-0.15, -0.1) is 0 Å². The summed E-state index contributed by atoms with van der Waals surface area (Å²) in [6.07, 6.45) is 3.07. The first-order valence-electron chi connectivity index (χ1n) is 5.82. The molecule has 88 valence electrons. The van der Waals surface area contributed by atoms with Crippen molar-refractivity contribution in [1.29, 1.82) is 0 Å². The van der Waals surface area contributed by atoms with Crippen LogP contribution in [-0.2, 0) is 6.42 Å².